The standard InChI is InChI=1S/C17H18BrNO2/c18-15-9-4-10-16(12-15)21-13-17(20)19-11-5-8-14-6-2-1-3-7-14/h1-4,6-7,9-10,12H,5,8,11,13H2,(H,19,20). The smallest absolute Gasteiger partial charge is 0.257 e. The summed E-state index contributed by atoms with van der Waals surface area (Å²) < 4.78 is 6.36. The van der Waals surface area contributed by atoms with Gasteiger partial charge in [-0.05, 0) is 36.6 Å². The molecule has 0 radical (unpaired) electrons. The van der Waals surface area contributed by atoms with Crippen molar-refractivity contribution in [3.63, 3.8) is 0 Å². The van der Waals surface area contributed by atoms with Gasteiger partial charge in [0.15, 0.2) is 6.61 Å². The van der Waals surface area contributed by atoms with E-state index in [0.717, 1.165) is 17.3 Å². The molecule has 1 amide bonds. The lowest BCUT2D eigenvalue weighted by Crippen LogP contribution is -2.29. The van der Waals surface area contributed by atoms with Gasteiger partial charge in [-0.25, -0.2) is 0 Å². The van der Waals surface area contributed by atoms with Crippen LogP contribution in [0.4, 0.5) is 0 Å². The number of aryl methyl sites for hydroxylation is 1. The van der Waals surface area contributed by atoms with Crippen LogP contribution in [0.15, 0.2) is 59.1 Å². The lowest BCUT2D eigenvalue weighted by molar-refractivity contribution is -0.123. The van der Waals surface area contributed by atoms with E-state index >= 15 is 0 Å². The molecule has 110 valence electrons. The fraction of sp³-hybridized carbons (Fsp3) is 0.235. The van der Waals surface area contributed by atoms with E-state index in [9.17, 15) is 4.79 Å². The molecule has 0 bridgehead atoms. The van der Waals surface area contributed by atoms with Gasteiger partial charge in [0.05, 0.1) is 0 Å². The van der Waals surface area contributed by atoms with E-state index in [1.807, 2.05) is 42.5 Å². The van der Waals surface area contributed by atoms with Gasteiger partial charge in [0.25, 0.3) is 5.91 Å². The number of benzene rings is 2. The quantitative estimate of drug-likeness (QED) is 0.777. The monoisotopic (exact) mass is 347 g/mol. The summed E-state index contributed by atoms with van der Waals surface area (Å²) in [5.41, 5.74) is 1.29. The number of hydrogen-bond donors (Lipinski definition) is 1. The molecule has 4 heteroatoms. The summed E-state index contributed by atoms with van der Waals surface area (Å²) in [4.78, 5) is 11.7. The Morgan fingerprint density at radius 3 is 2.67 bits per heavy atom. The molecule has 0 unspecified atom stereocenters. The van der Waals surface area contributed by atoms with Crippen LogP contribution in [-0.2, 0) is 11.2 Å². The normalized spacial score (nSPS) is 10.1. The summed E-state index contributed by atoms with van der Waals surface area (Å²) in [6.45, 7) is 0.706. The largest absolute Gasteiger partial charge is 0.484 e. The molecule has 1 N–H and O–H groups in total. The maximum absolute atomic E-state index is 11.7. The van der Waals surface area contributed by atoms with E-state index < -0.39 is 0 Å². The third kappa shape index (κ3) is 6.00. The molecular weight excluding hydrogens is 330 g/mol. The second kappa shape index (κ2) is 8.47. The van der Waals surface area contributed by atoms with Crippen molar-refractivity contribution in [3.05, 3.63) is 64.6 Å². The van der Waals surface area contributed by atoms with Crippen LogP contribution in [-0.4, -0.2) is 19.1 Å². The third-order valence-corrected chi connectivity index (χ3v) is 3.47. The highest BCUT2D eigenvalue weighted by molar-refractivity contribution is 9.10. The third-order valence-electron chi connectivity index (χ3n) is 2.97. The van der Waals surface area contributed by atoms with Crippen LogP contribution < -0.4 is 10.1 Å². The Kier molecular flexibility index (Phi) is 6.28. The average molecular weight is 348 g/mol. The zero-order chi connectivity index (χ0) is 14.9. The Morgan fingerprint density at radius 2 is 1.90 bits per heavy atom. The highest BCUT2D eigenvalue weighted by Gasteiger charge is 2.02. The molecular formula is C17H18BrNO2. The van der Waals surface area contributed by atoms with Crippen LogP contribution in [0.5, 0.6) is 5.75 Å². The molecule has 2 aromatic carbocycles. The van der Waals surface area contributed by atoms with E-state index in [1.54, 1.807) is 0 Å². The van der Waals surface area contributed by atoms with Gasteiger partial charge < -0.3 is 10.1 Å². The Balaban J connectivity index is 1.62. The van der Waals surface area contributed by atoms with Crippen molar-refractivity contribution in [1.82, 2.24) is 5.32 Å². The summed E-state index contributed by atoms with van der Waals surface area (Å²) in [7, 11) is 0. The van der Waals surface area contributed by atoms with Gasteiger partial charge in [0.2, 0.25) is 0 Å². The minimum absolute atomic E-state index is 0.0434. The first kappa shape index (κ1) is 15.6. The first-order valence-corrected chi connectivity index (χ1v) is 7.72. The van der Waals surface area contributed by atoms with Crippen LogP contribution in [0.3, 0.4) is 0 Å². The molecule has 0 aliphatic carbocycles. The molecule has 3 nitrogen and oxygen atoms in total. The fourth-order valence-corrected chi connectivity index (χ4v) is 2.30. The molecule has 0 aliphatic rings. The number of carbonyl (C=O) groups excluding carboxylic acids is 1. The van der Waals surface area contributed by atoms with E-state index in [1.165, 1.54) is 5.56 Å². The van der Waals surface area contributed by atoms with E-state index in [2.05, 4.69) is 33.4 Å². The Morgan fingerprint density at radius 1 is 1.10 bits per heavy atom. The summed E-state index contributed by atoms with van der Waals surface area (Å²) in [5, 5.41) is 2.86. The van der Waals surface area contributed by atoms with Gasteiger partial charge in [-0.3, -0.25) is 4.79 Å². The van der Waals surface area contributed by atoms with Crippen molar-refractivity contribution in [2.75, 3.05) is 13.2 Å². The number of rotatable bonds is 7. The summed E-state index contributed by atoms with van der Waals surface area (Å²) in [6, 6.07) is 17.7. The zero-order valence-electron chi connectivity index (χ0n) is 11.7. The van der Waals surface area contributed by atoms with Gasteiger partial charge in [-0.2, -0.15) is 0 Å². The van der Waals surface area contributed by atoms with Crippen LogP contribution in [0.1, 0.15) is 12.0 Å². The van der Waals surface area contributed by atoms with Gasteiger partial charge in [-0.15, -0.1) is 0 Å². The number of hydrogen-bond acceptors (Lipinski definition) is 2. The van der Waals surface area contributed by atoms with E-state index in [0.29, 0.717) is 12.3 Å². The van der Waals surface area contributed by atoms with Crippen LogP contribution in [0, 0.1) is 0 Å². The number of carbonyl (C=O) groups is 1. The van der Waals surface area contributed by atoms with Gasteiger partial charge in [0, 0.05) is 11.0 Å². The van der Waals surface area contributed by atoms with E-state index in [-0.39, 0.29) is 12.5 Å². The summed E-state index contributed by atoms with van der Waals surface area (Å²) in [6.07, 6.45) is 1.89. The highest BCUT2D eigenvalue weighted by atomic mass is 79.9. The Hall–Kier alpha value is -1.81. The predicted molar refractivity (Wildman–Crippen MR) is 87.4 cm³/mol. The first-order chi connectivity index (χ1) is 10.2. The second-order valence-electron chi connectivity index (χ2n) is 4.69. The minimum Gasteiger partial charge on any atom is -0.484 e. The van der Waals surface area contributed by atoms with Gasteiger partial charge in [-0.1, -0.05) is 52.3 Å². The van der Waals surface area contributed by atoms with Crippen molar-refractivity contribution in [3.8, 4) is 5.75 Å². The first-order valence-electron chi connectivity index (χ1n) is 6.93. The number of halogens is 1. The lowest BCUT2D eigenvalue weighted by atomic mass is 10.1. The molecule has 0 aliphatic heterocycles. The van der Waals surface area contributed by atoms with Gasteiger partial charge in [0.1, 0.15) is 5.75 Å². The maximum atomic E-state index is 11.7. The Labute approximate surface area is 133 Å². The average Bonchev–Trinajstić information content (AvgIpc) is 2.51. The molecule has 0 fully saturated rings. The molecule has 2 aromatic rings. The maximum Gasteiger partial charge on any atom is 0.257 e. The molecule has 0 aromatic heterocycles. The number of ether oxygens (including phenoxy) is 1. The lowest BCUT2D eigenvalue weighted by Gasteiger charge is -2.08. The van der Waals surface area contributed by atoms with Gasteiger partial charge >= 0.3 is 0 Å². The van der Waals surface area contributed by atoms with Crippen molar-refractivity contribution in [2.24, 2.45) is 0 Å². The molecule has 0 atom stereocenters. The van der Waals surface area contributed by atoms with Crippen molar-refractivity contribution in [2.45, 2.75) is 12.8 Å². The Bertz CT molecular complexity index is 572. The van der Waals surface area contributed by atoms with Crippen molar-refractivity contribution in [1.29, 1.82) is 0 Å². The van der Waals surface area contributed by atoms with E-state index in [4.69, 9.17) is 4.74 Å². The minimum atomic E-state index is -0.0944. The number of amides is 1. The molecule has 21 heavy (non-hydrogen) atoms. The van der Waals surface area contributed by atoms with Crippen LogP contribution in [0.2, 0.25) is 0 Å². The molecule has 0 heterocycles. The molecule has 2 rings (SSSR count). The fourth-order valence-electron chi connectivity index (χ4n) is 1.92. The SMILES string of the molecule is O=C(COc1cccc(Br)c1)NCCCc1ccccc1. The molecule has 0 saturated heterocycles. The summed E-state index contributed by atoms with van der Waals surface area (Å²) in [5.74, 6) is 0.590. The summed E-state index contributed by atoms with van der Waals surface area (Å²) >= 11 is 3.36. The predicted octanol–water partition coefficient (Wildman–Crippen LogP) is 3.58. The second-order valence-corrected chi connectivity index (χ2v) is 5.60. The number of nitrogens with one attached hydrogen (secondary N) is 1. The van der Waals surface area contributed by atoms with Crippen molar-refractivity contribution < 1.29 is 9.53 Å². The van der Waals surface area contributed by atoms with Crippen LogP contribution in [0.25, 0.3) is 0 Å². The molecule has 0 spiro atoms. The highest BCUT2D eigenvalue weighted by Crippen LogP contribution is 2.17. The molecule has 0 saturated carbocycles. The topological polar surface area (TPSA) is 38.3 Å². The zero-order valence-corrected chi connectivity index (χ0v) is 13.3. The van der Waals surface area contributed by atoms with Crippen molar-refractivity contribution >= 4 is 21.8 Å². The van der Waals surface area contributed by atoms with Crippen LogP contribution >= 0.6 is 15.9 Å².